The fourth-order valence-corrected chi connectivity index (χ4v) is 4.29. The lowest BCUT2D eigenvalue weighted by Gasteiger charge is -2.48. The van der Waals surface area contributed by atoms with Crippen molar-refractivity contribution in [2.75, 3.05) is 11.5 Å². The van der Waals surface area contributed by atoms with E-state index in [1.54, 1.807) is 18.2 Å². The van der Waals surface area contributed by atoms with Crippen molar-refractivity contribution in [3.05, 3.63) is 53.9 Å². The van der Waals surface area contributed by atoms with Crippen molar-refractivity contribution in [1.29, 1.82) is 0 Å². The number of ether oxygens (including phenoxy) is 1. The molecule has 2 heterocycles. The highest BCUT2D eigenvalue weighted by atomic mass is 19.3. The number of H-pyrrole nitrogens is 1. The largest absolute Gasteiger partial charge is 0.493 e. The summed E-state index contributed by atoms with van der Waals surface area (Å²) in [5.41, 5.74) is 1.74. The van der Waals surface area contributed by atoms with Gasteiger partial charge in [0.15, 0.2) is 0 Å². The summed E-state index contributed by atoms with van der Waals surface area (Å²) in [6.45, 7) is -0.349. The third-order valence-corrected chi connectivity index (χ3v) is 5.91. The van der Waals surface area contributed by atoms with Crippen LogP contribution in [0.1, 0.15) is 30.9 Å². The average molecular weight is 433 g/mol. The van der Waals surface area contributed by atoms with Crippen molar-refractivity contribution in [3.63, 3.8) is 0 Å². The van der Waals surface area contributed by atoms with Crippen LogP contribution in [0.4, 0.5) is 23.2 Å². The number of alkyl halides is 2. The first-order valence-electron chi connectivity index (χ1n) is 10.1. The number of carbonyl (C=O) groups excluding carboxylic acids is 1. The zero-order valence-electron chi connectivity index (χ0n) is 16.3. The minimum atomic E-state index is -2.56. The van der Waals surface area contributed by atoms with E-state index in [0.29, 0.717) is 11.2 Å². The first-order valence-corrected chi connectivity index (χ1v) is 10.1. The number of hydrogen-bond donors (Lipinski definition) is 1. The number of halogens is 4. The molecule has 1 aliphatic carbocycles. The van der Waals surface area contributed by atoms with Crippen molar-refractivity contribution in [2.45, 2.75) is 31.7 Å². The van der Waals surface area contributed by atoms with Gasteiger partial charge in [-0.25, -0.2) is 22.5 Å². The van der Waals surface area contributed by atoms with Gasteiger partial charge in [0.2, 0.25) is 12.3 Å². The predicted molar refractivity (Wildman–Crippen MR) is 105 cm³/mol. The van der Waals surface area contributed by atoms with Gasteiger partial charge in [0.25, 0.3) is 0 Å². The Morgan fingerprint density at radius 2 is 1.90 bits per heavy atom. The molecule has 2 aliphatic rings. The van der Waals surface area contributed by atoms with Gasteiger partial charge in [-0.15, -0.1) is 0 Å². The number of nitrogens with zero attached hydrogens (tertiary/aromatic N) is 2. The van der Waals surface area contributed by atoms with Crippen LogP contribution in [0.5, 0.6) is 5.75 Å². The summed E-state index contributed by atoms with van der Waals surface area (Å²) < 4.78 is 59.7. The lowest BCUT2D eigenvalue weighted by molar-refractivity contribution is -0.131. The highest BCUT2D eigenvalue weighted by Crippen LogP contribution is 2.55. The van der Waals surface area contributed by atoms with Crippen molar-refractivity contribution < 1.29 is 27.1 Å². The van der Waals surface area contributed by atoms with Gasteiger partial charge in [-0.2, -0.15) is 0 Å². The molecule has 5 nitrogen and oxygen atoms in total. The van der Waals surface area contributed by atoms with E-state index >= 15 is 8.78 Å². The maximum absolute atomic E-state index is 15.0. The SMILES string of the molecule is O=C1C(C2CC2)C(c2c(F)cc(OCCC(F)F)cc2F)N1c1ccc2[nH]cnc2c1. The number of amides is 1. The maximum atomic E-state index is 15.0. The van der Waals surface area contributed by atoms with E-state index in [4.69, 9.17) is 4.74 Å². The number of imidazole rings is 1. The predicted octanol–water partition coefficient (Wildman–Crippen LogP) is 4.99. The minimum absolute atomic E-state index is 0.101. The van der Waals surface area contributed by atoms with Crippen LogP contribution in [0.25, 0.3) is 11.0 Å². The van der Waals surface area contributed by atoms with Gasteiger partial charge in [-0.05, 0) is 37.0 Å². The molecular formula is C22H19F4N3O2. The molecule has 0 radical (unpaired) electrons. The molecule has 1 N–H and O–H groups in total. The molecule has 5 rings (SSSR count). The highest BCUT2D eigenvalue weighted by molar-refractivity contribution is 6.04. The van der Waals surface area contributed by atoms with Gasteiger partial charge in [0.1, 0.15) is 17.4 Å². The second kappa shape index (κ2) is 7.55. The molecule has 162 valence electrons. The molecule has 2 fully saturated rings. The van der Waals surface area contributed by atoms with Crippen LogP contribution < -0.4 is 9.64 Å². The summed E-state index contributed by atoms with van der Waals surface area (Å²) in [5, 5.41) is 0. The minimum Gasteiger partial charge on any atom is -0.493 e. The summed E-state index contributed by atoms with van der Waals surface area (Å²) in [5.74, 6) is -2.44. The average Bonchev–Trinajstić information content (AvgIpc) is 3.41. The molecule has 2 unspecified atom stereocenters. The fraction of sp³-hybridized carbons (Fsp3) is 0.364. The third kappa shape index (κ3) is 3.51. The van der Waals surface area contributed by atoms with Crippen LogP contribution >= 0.6 is 0 Å². The van der Waals surface area contributed by atoms with E-state index in [0.717, 1.165) is 30.5 Å². The molecule has 31 heavy (non-hydrogen) atoms. The lowest BCUT2D eigenvalue weighted by Crippen LogP contribution is -2.56. The molecule has 1 amide bonds. The van der Waals surface area contributed by atoms with E-state index in [9.17, 15) is 13.6 Å². The van der Waals surface area contributed by atoms with Crippen molar-refractivity contribution in [2.24, 2.45) is 11.8 Å². The number of benzene rings is 2. The summed E-state index contributed by atoms with van der Waals surface area (Å²) in [6.07, 6.45) is 0.127. The zero-order chi connectivity index (χ0) is 21.7. The molecule has 1 saturated carbocycles. The fourth-order valence-electron chi connectivity index (χ4n) is 4.29. The molecule has 0 spiro atoms. The topological polar surface area (TPSA) is 58.2 Å². The monoisotopic (exact) mass is 433 g/mol. The smallest absolute Gasteiger partial charge is 0.241 e. The number of β-lactam (4-membered cyclic amide) rings is 1. The summed E-state index contributed by atoms with van der Waals surface area (Å²) in [6, 6.07) is 6.38. The number of hydrogen-bond acceptors (Lipinski definition) is 3. The summed E-state index contributed by atoms with van der Waals surface area (Å²) in [4.78, 5) is 21.5. The maximum Gasteiger partial charge on any atom is 0.241 e. The van der Waals surface area contributed by atoms with E-state index in [1.807, 2.05) is 0 Å². The molecular weight excluding hydrogens is 414 g/mol. The van der Waals surface area contributed by atoms with Crippen molar-refractivity contribution >= 4 is 22.6 Å². The summed E-state index contributed by atoms with van der Waals surface area (Å²) in [7, 11) is 0. The van der Waals surface area contributed by atoms with Gasteiger partial charge >= 0.3 is 0 Å². The molecule has 1 aliphatic heterocycles. The quantitative estimate of drug-likeness (QED) is 0.422. The lowest BCUT2D eigenvalue weighted by atomic mass is 9.78. The Kier molecular flexibility index (Phi) is 4.83. The Hall–Kier alpha value is -3.10. The second-order valence-corrected chi connectivity index (χ2v) is 7.95. The number of rotatable bonds is 7. The molecule has 3 aromatic rings. The van der Waals surface area contributed by atoms with Crippen LogP contribution in [0.3, 0.4) is 0 Å². The molecule has 0 bridgehead atoms. The molecule has 1 saturated heterocycles. The summed E-state index contributed by atoms with van der Waals surface area (Å²) >= 11 is 0. The Balaban J connectivity index is 1.49. The van der Waals surface area contributed by atoms with Crippen LogP contribution in [0.2, 0.25) is 0 Å². The number of aromatic nitrogens is 2. The molecule has 2 atom stereocenters. The van der Waals surface area contributed by atoms with Gasteiger partial charge in [-0.3, -0.25) is 4.79 Å². The number of fused-ring (bicyclic) bond motifs is 1. The number of nitrogens with one attached hydrogen (secondary N) is 1. The van der Waals surface area contributed by atoms with E-state index in [-0.39, 0.29) is 29.7 Å². The van der Waals surface area contributed by atoms with Gasteiger partial charge < -0.3 is 14.6 Å². The first kappa shape index (κ1) is 19.8. The Labute approximate surface area is 175 Å². The van der Waals surface area contributed by atoms with Gasteiger partial charge in [-0.1, -0.05) is 0 Å². The Bertz CT molecular complexity index is 1120. The Morgan fingerprint density at radius 3 is 2.58 bits per heavy atom. The van der Waals surface area contributed by atoms with Crippen LogP contribution in [0.15, 0.2) is 36.7 Å². The Morgan fingerprint density at radius 1 is 1.16 bits per heavy atom. The van der Waals surface area contributed by atoms with E-state index in [2.05, 4.69) is 9.97 Å². The highest BCUT2D eigenvalue weighted by Gasteiger charge is 2.56. The zero-order valence-corrected chi connectivity index (χ0v) is 16.3. The van der Waals surface area contributed by atoms with E-state index < -0.39 is 36.4 Å². The van der Waals surface area contributed by atoms with Gasteiger partial charge in [0, 0.05) is 29.8 Å². The van der Waals surface area contributed by atoms with Gasteiger partial charge in [0.05, 0.1) is 35.9 Å². The van der Waals surface area contributed by atoms with Crippen molar-refractivity contribution in [3.8, 4) is 5.75 Å². The molecule has 1 aromatic heterocycles. The number of aromatic amines is 1. The second-order valence-electron chi connectivity index (χ2n) is 7.95. The van der Waals surface area contributed by atoms with E-state index in [1.165, 1.54) is 11.2 Å². The third-order valence-electron chi connectivity index (χ3n) is 5.91. The normalized spacial score (nSPS) is 21.1. The van der Waals surface area contributed by atoms with Crippen LogP contribution in [-0.2, 0) is 4.79 Å². The molecule has 9 heteroatoms. The van der Waals surface area contributed by atoms with Crippen LogP contribution in [-0.4, -0.2) is 28.9 Å². The first-order chi connectivity index (χ1) is 14.9. The van der Waals surface area contributed by atoms with Crippen molar-refractivity contribution in [1.82, 2.24) is 9.97 Å². The number of carbonyl (C=O) groups is 1. The molecule has 2 aromatic carbocycles. The number of anilines is 1. The standard InChI is InChI=1S/C22H19F4N3O2/c23-14-8-13(31-6-5-18(25)26)9-15(24)20(14)21-19(11-1-2-11)22(30)29(21)12-3-4-16-17(7-12)28-10-27-16/h3-4,7-11,18-19,21H,1-2,5-6H2,(H,27,28). The van der Waals surface area contributed by atoms with Crippen LogP contribution in [0, 0.1) is 23.5 Å².